The molecule has 1 saturated carbocycles. The van der Waals surface area contributed by atoms with Crippen LogP contribution in [0.25, 0.3) is 0 Å². The summed E-state index contributed by atoms with van der Waals surface area (Å²) in [7, 11) is 0. The number of nitrogens with zero attached hydrogens (tertiary/aromatic N) is 1. The Morgan fingerprint density at radius 3 is 2.54 bits per heavy atom. The van der Waals surface area contributed by atoms with Gasteiger partial charge in [-0.15, -0.1) is 0 Å². The Morgan fingerprint density at radius 1 is 1.15 bits per heavy atom. The number of thiazole rings is 1. The molecule has 3 amide bonds. The summed E-state index contributed by atoms with van der Waals surface area (Å²) in [4.78, 5) is 39.9. The summed E-state index contributed by atoms with van der Waals surface area (Å²) >= 11 is 1.09. The largest absolute Gasteiger partial charge is 0.349 e. The Kier molecular flexibility index (Phi) is 6.10. The maximum atomic E-state index is 12.4. The summed E-state index contributed by atoms with van der Waals surface area (Å²) in [5.41, 5.74) is 1.93. The Balaban J connectivity index is 0.00000243. The number of hydrogen-bond acceptors (Lipinski definition) is 5. The summed E-state index contributed by atoms with van der Waals surface area (Å²) < 4.78 is 0. The molecule has 0 saturated heterocycles. The van der Waals surface area contributed by atoms with Crippen LogP contribution < -0.4 is 16.0 Å². The molecule has 0 spiro atoms. The van der Waals surface area contributed by atoms with E-state index in [2.05, 4.69) is 20.9 Å². The second-order valence-electron chi connectivity index (χ2n) is 5.94. The molecule has 1 heterocycles. The number of carbonyl (C=O) groups is 3. The van der Waals surface area contributed by atoms with Gasteiger partial charge in [-0.1, -0.05) is 24.8 Å². The van der Waals surface area contributed by atoms with Crippen LogP contribution in [0.2, 0.25) is 0 Å². The van der Waals surface area contributed by atoms with Gasteiger partial charge in [-0.05, 0) is 37.5 Å². The molecule has 0 aliphatic heterocycles. The SMILES string of the molecule is C.CC(=O)Nc1ncc(C(=O)Nc2cc(C(=O)NC3CC3)ccc2C)s1. The maximum absolute atomic E-state index is 12.4. The molecule has 26 heavy (non-hydrogen) atoms. The van der Waals surface area contributed by atoms with E-state index >= 15 is 0 Å². The first kappa shape index (κ1) is 19.6. The number of benzene rings is 1. The Bertz CT molecular complexity index is 843. The van der Waals surface area contributed by atoms with E-state index in [1.54, 1.807) is 18.2 Å². The lowest BCUT2D eigenvalue weighted by atomic mass is 10.1. The number of aryl methyl sites for hydroxylation is 1. The van der Waals surface area contributed by atoms with Gasteiger partial charge >= 0.3 is 0 Å². The summed E-state index contributed by atoms with van der Waals surface area (Å²) in [6, 6.07) is 5.48. The second kappa shape index (κ2) is 8.09. The Labute approximate surface area is 156 Å². The van der Waals surface area contributed by atoms with Crippen molar-refractivity contribution in [2.24, 2.45) is 0 Å². The van der Waals surface area contributed by atoms with Crippen molar-refractivity contribution in [2.75, 3.05) is 10.6 Å². The van der Waals surface area contributed by atoms with Gasteiger partial charge in [0.25, 0.3) is 11.8 Å². The van der Waals surface area contributed by atoms with Crippen LogP contribution in [0.1, 0.15) is 52.8 Å². The quantitative estimate of drug-likeness (QED) is 0.748. The normalized spacial score (nSPS) is 12.7. The third-order valence-electron chi connectivity index (χ3n) is 3.67. The number of nitrogens with one attached hydrogen (secondary N) is 3. The molecule has 2 aromatic rings. The van der Waals surface area contributed by atoms with Crippen molar-refractivity contribution in [3.63, 3.8) is 0 Å². The zero-order chi connectivity index (χ0) is 18.0. The van der Waals surface area contributed by atoms with Gasteiger partial charge in [-0.2, -0.15) is 0 Å². The first-order valence-corrected chi connectivity index (χ1v) is 8.70. The molecule has 8 heteroatoms. The second-order valence-corrected chi connectivity index (χ2v) is 6.97. The van der Waals surface area contributed by atoms with Crippen LogP contribution >= 0.6 is 11.3 Å². The fourth-order valence-corrected chi connectivity index (χ4v) is 2.92. The lowest BCUT2D eigenvalue weighted by Gasteiger charge is -2.10. The molecule has 0 bridgehead atoms. The number of aromatic nitrogens is 1. The van der Waals surface area contributed by atoms with Gasteiger partial charge in [0.05, 0.1) is 6.20 Å². The molecule has 0 radical (unpaired) electrons. The topological polar surface area (TPSA) is 100 Å². The zero-order valence-electron chi connectivity index (χ0n) is 13.9. The highest BCUT2D eigenvalue weighted by atomic mass is 32.1. The smallest absolute Gasteiger partial charge is 0.267 e. The highest BCUT2D eigenvalue weighted by molar-refractivity contribution is 7.17. The van der Waals surface area contributed by atoms with Crippen molar-refractivity contribution in [3.05, 3.63) is 40.4 Å². The highest BCUT2D eigenvalue weighted by Gasteiger charge is 2.24. The van der Waals surface area contributed by atoms with Gasteiger partial charge in [-0.3, -0.25) is 14.4 Å². The number of carbonyl (C=O) groups excluding carboxylic acids is 3. The third kappa shape index (κ3) is 4.89. The van der Waals surface area contributed by atoms with E-state index in [1.165, 1.54) is 13.1 Å². The summed E-state index contributed by atoms with van der Waals surface area (Å²) in [5, 5.41) is 8.63. The number of rotatable bonds is 5. The van der Waals surface area contributed by atoms with Gasteiger partial charge in [0.15, 0.2) is 5.13 Å². The van der Waals surface area contributed by atoms with Gasteiger partial charge in [0, 0.05) is 24.2 Å². The van der Waals surface area contributed by atoms with Crippen LogP contribution in [0.3, 0.4) is 0 Å². The van der Waals surface area contributed by atoms with Crippen molar-refractivity contribution in [1.29, 1.82) is 0 Å². The van der Waals surface area contributed by atoms with E-state index < -0.39 is 0 Å². The van der Waals surface area contributed by atoms with Gasteiger partial charge in [0.1, 0.15) is 4.88 Å². The van der Waals surface area contributed by atoms with Crippen LogP contribution in [0.15, 0.2) is 24.4 Å². The summed E-state index contributed by atoms with van der Waals surface area (Å²) in [6.45, 7) is 3.23. The average molecular weight is 374 g/mol. The Morgan fingerprint density at radius 2 is 1.88 bits per heavy atom. The van der Waals surface area contributed by atoms with E-state index in [1.807, 2.05) is 6.92 Å². The lowest BCUT2D eigenvalue weighted by Crippen LogP contribution is -2.25. The van der Waals surface area contributed by atoms with E-state index in [4.69, 9.17) is 0 Å². The van der Waals surface area contributed by atoms with Crippen LogP contribution in [-0.4, -0.2) is 28.7 Å². The minimum atomic E-state index is -0.336. The van der Waals surface area contributed by atoms with Gasteiger partial charge in [0.2, 0.25) is 5.91 Å². The zero-order valence-corrected chi connectivity index (χ0v) is 14.7. The molecule has 1 aliphatic rings. The first-order valence-electron chi connectivity index (χ1n) is 7.88. The fourth-order valence-electron chi connectivity index (χ4n) is 2.17. The number of amides is 3. The standard InChI is InChI=1S/C17H18N4O3S.CH4/c1-9-3-4-11(15(23)20-12-5-6-12)7-13(9)21-16(24)14-8-18-17(25-14)19-10(2)22;/h3-4,7-8,12H,5-6H2,1-2H3,(H,20,23)(H,21,24)(H,18,19,22);1H4. The molecular formula is C18H22N4O3S. The van der Waals surface area contributed by atoms with E-state index in [-0.39, 0.29) is 31.2 Å². The molecule has 1 fully saturated rings. The molecule has 3 N–H and O–H groups in total. The van der Waals surface area contributed by atoms with Crippen LogP contribution in [0.4, 0.5) is 10.8 Å². The van der Waals surface area contributed by atoms with Crippen molar-refractivity contribution in [1.82, 2.24) is 10.3 Å². The number of hydrogen-bond donors (Lipinski definition) is 3. The van der Waals surface area contributed by atoms with Gasteiger partial charge < -0.3 is 16.0 Å². The minimum Gasteiger partial charge on any atom is -0.349 e. The summed E-state index contributed by atoms with van der Waals surface area (Å²) in [5.74, 6) is -0.716. The molecule has 0 atom stereocenters. The number of anilines is 2. The van der Waals surface area contributed by atoms with Gasteiger partial charge in [-0.25, -0.2) is 4.98 Å². The molecule has 1 aromatic carbocycles. The van der Waals surface area contributed by atoms with E-state index in [0.717, 1.165) is 29.7 Å². The first-order chi connectivity index (χ1) is 11.9. The third-order valence-corrected chi connectivity index (χ3v) is 4.58. The maximum Gasteiger partial charge on any atom is 0.267 e. The van der Waals surface area contributed by atoms with Crippen molar-refractivity contribution in [2.45, 2.75) is 40.2 Å². The molecule has 3 rings (SSSR count). The highest BCUT2D eigenvalue weighted by Crippen LogP contribution is 2.23. The van der Waals surface area contributed by atoms with E-state index in [9.17, 15) is 14.4 Å². The average Bonchev–Trinajstić information content (AvgIpc) is 3.24. The molecule has 7 nitrogen and oxygen atoms in total. The fraction of sp³-hybridized carbons (Fsp3) is 0.333. The molecule has 1 aliphatic carbocycles. The predicted molar refractivity (Wildman–Crippen MR) is 103 cm³/mol. The Hall–Kier alpha value is -2.74. The van der Waals surface area contributed by atoms with E-state index in [0.29, 0.717) is 21.3 Å². The lowest BCUT2D eigenvalue weighted by molar-refractivity contribution is -0.114. The van der Waals surface area contributed by atoms with Crippen molar-refractivity contribution < 1.29 is 14.4 Å². The van der Waals surface area contributed by atoms with Crippen LogP contribution in [0, 0.1) is 6.92 Å². The molecule has 0 unspecified atom stereocenters. The predicted octanol–water partition coefficient (Wildman–Crippen LogP) is 3.19. The summed E-state index contributed by atoms with van der Waals surface area (Å²) in [6.07, 6.45) is 3.44. The molecular weight excluding hydrogens is 352 g/mol. The monoisotopic (exact) mass is 374 g/mol. The van der Waals surface area contributed by atoms with Crippen LogP contribution in [-0.2, 0) is 4.79 Å². The van der Waals surface area contributed by atoms with Crippen molar-refractivity contribution in [3.8, 4) is 0 Å². The van der Waals surface area contributed by atoms with Crippen molar-refractivity contribution >= 4 is 39.9 Å². The molecule has 138 valence electrons. The van der Waals surface area contributed by atoms with Crippen LogP contribution in [0.5, 0.6) is 0 Å². The minimum absolute atomic E-state index is 0. The molecule has 1 aromatic heterocycles.